The van der Waals surface area contributed by atoms with Crippen LogP contribution in [0.25, 0.3) is 16.5 Å². The van der Waals surface area contributed by atoms with E-state index in [1.54, 1.807) is 10.6 Å². The van der Waals surface area contributed by atoms with Gasteiger partial charge in [0, 0.05) is 17.3 Å². The molecule has 4 nitrogen and oxygen atoms in total. The van der Waals surface area contributed by atoms with Crippen LogP contribution in [0.15, 0.2) is 59.4 Å². The highest BCUT2D eigenvalue weighted by atomic mass is 35.5. The van der Waals surface area contributed by atoms with Gasteiger partial charge in [0.2, 0.25) is 5.91 Å². The predicted molar refractivity (Wildman–Crippen MR) is 115 cm³/mol. The van der Waals surface area contributed by atoms with Crippen molar-refractivity contribution in [2.75, 3.05) is 0 Å². The van der Waals surface area contributed by atoms with E-state index in [1.165, 1.54) is 0 Å². The number of hydrogen-bond acceptors (Lipinski definition) is 2. The first-order valence-corrected chi connectivity index (χ1v) is 10.1. The highest BCUT2D eigenvalue weighted by molar-refractivity contribution is 6.35. The number of rotatable bonds is 6. The average molecular weight is 397 g/mol. The van der Waals surface area contributed by atoms with Gasteiger partial charge in [0.15, 0.2) is 0 Å². The average Bonchev–Trinajstić information content (AvgIpc) is 2.69. The van der Waals surface area contributed by atoms with Crippen LogP contribution in [0, 0.1) is 5.92 Å². The SMILES string of the molecule is CCC(CC)C(=O)NC(C)c1cc2cccc(Cl)c2c(=O)n1-c1ccccc1. The van der Waals surface area contributed by atoms with E-state index in [1.807, 2.05) is 69.3 Å². The van der Waals surface area contributed by atoms with Crippen LogP contribution in [0.2, 0.25) is 5.02 Å². The molecule has 0 aliphatic rings. The Hall–Kier alpha value is -2.59. The van der Waals surface area contributed by atoms with Gasteiger partial charge in [-0.1, -0.05) is 55.8 Å². The number of benzene rings is 2. The van der Waals surface area contributed by atoms with Crippen molar-refractivity contribution in [1.82, 2.24) is 9.88 Å². The van der Waals surface area contributed by atoms with Gasteiger partial charge in [-0.3, -0.25) is 14.2 Å². The first kappa shape index (κ1) is 20.2. The molecule has 1 atom stereocenters. The first-order chi connectivity index (χ1) is 13.5. The monoisotopic (exact) mass is 396 g/mol. The summed E-state index contributed by atoms with van der Waals surface area (Å²) in [6.07, 6.45) is 1.57. The molecule has 28 heavy (non-hydrogen) atoms. The van der Waals surface area contributed by atoms with E-state index < -0.39 is 0 Å². The third-order valence-corrected chi connectivity index (χ3v) is 5.51. The molecule has 1 aromatic heterocycles. The summed E-state index contributed by atoms with van der Waals surface area (Å²) >= 11 is 6.33. The zero-order valence-electron chi connectivity index (χ0n) is 16.4. The number of aromatic nitrogens is 1. The van der Waals surface area contributed by atoms with E-state index in [9.17, 15) is 9.59 Å². The summed E-state index contributed by atoms with van der Waals surface area (Å²) < 4.78 is 1.64. The molecule has 0 spiro atoms. The van der Waals surface area contributed by atoms with E-state index in [0.717, 1.165) is 29.6 Å². The number of amides is 1. The molecular formula is C23H25ClN2O2. The Kier molecular flexibility index (Phi) is 6.20. The second kappa shape index (κ2) is 8.61. The molecule has 5 heteroatoms. The smallest absolute Gasteiger partial charge is 0.264 e. The summed E-state index contributed by atoms with van der Waals surface area (Å²) in [5.74, 6) is -0.0231. The fourth-order valence-corrected chi connectivity index (χ4v) is 3.83. The lowest BCUT2D eigenvalue weighted by Gasteiger charge is -2.23. The number of nitrogens with zero attached hydrogens (tertiary/aromatic N) is 1. The molecule has 0 saturated heterocycles. The lowest BCUT2D eigenvalue weighted by Crippen LogP contribution is -2.35. The molecular weight excluding hydrogens is 372 g/mol. The predicted octanol–water partition coefficient (Wildman–Crippen LogP) is 5.26. The van der Waals surface area contributed by atoms with Crippen molar-refractivity contribution in [3.63, 3.8) is 0 Å². The number of fused-ring (bicyclic) bond motifs is 1. The Morgan fingerprint density at radius 1 is 1.07 bits per heavy atom. The number of pyridine rings is 1. The quantitative estimate of drug-likeness (QED) is 0.618. The second-order valence-corrected chi connectivity index (χ2v) is 7.40. The third kappa shape index (κ3) is 3.83. The highest BCUT2D eigenvalue weighted by Crippen LogP contribution is 2.25. The van der Waals surface area contributed by atoms with Crippen LogP contribution < -0.4 is 10.9 Å². The Morgan fingerprint density at radius 2 is 1.75 bits per heavy atom. The van der Waals surface area contributed by atoms with Crippen molar-refractivity contribution in [1.29, 1.82) is 0 Å². The zero-order valence-corrected chi connectivity index (χ0v) is 17.2. The summed E-state index contributed by atoms with van der Waals surface area (Å²) in [7, 11) is 0. The standard InChI is InChI=1S/C23H25ClN2O2/c1-4-16(5-2)22(27)25-15(3)20-14-17-10-9-13-19(24)21(17)23(28)26(20)18-11-7-6-8-12-18/h6-16H,4-5H2,1-3H3,(H,25,27). The fourth-order valence-electron chi connectivity index (χ4n) is 3.57. The number of para-hydroxylation sites is 1. The van der Waals surface area contributed by atoms with Crippen LogP contribution in [-0.4, -0.2) is 10.5 Å². The number of nitrogens with one attached hydrogen (secondary N) is 1. The van der Waals surface area contributed by atoms with Crippen molar-refractivity contribution in [2.24, 2.45) is 5.92 Å². The molecule has 0 bridgehead atoms. The number of carbonyl (C=O) groups excluding carboxylic acids is 1. The normalized spacial score (nSPS) is 12.3. The van der Waals surface area contributed by atoms with Gasteiger partial charge in [-0.2, -0.15) is 0 Å². The van der Waals surface area contributed by atoms with Crippen LogP contribution in [0.1, 0.15) is 45.3 Å². The summed E-state index contributed by atoms with van der Waals surface area (Å²) in [5.41, 5.74) is 1.28. The van der Waals surface area contributed by atoms with Crippen LogP contribution in [0.4, 0.5) is 0 Å². The minimum Gasteiger partial charge on any atom is -0.348 e. The first-order valence-electron chi connectivity index (χ1n) is 9.67. The molecule has 0 saturated carbocycles. The summed E-state index contributed by atoms with van der Waals surface area (Å²) in [5, 5.41) is 4.76. The largest absolute Gasteiger partial charge is 0.348 e. The van der Waals surface area contributed by atoms with Gasteiger partial charge in [-0.15, -0.1) is 0 Å². The molecule has 1 unspecified atom stereocenters. The molecule has 0 fully saturated rings. The Morgan fingerprint density at radius 3 is 2.39 bits per heavy atom. The maximum absolute atomic E-state index is 13.4. The summed E-state index contributed by atoms with van der Waals surface area (Å²) in [6.45, 7) is 5.93. The van der Waals surface area contributed by atoms with Gasteiger partial charge in [0.1, 0.15) is 0 Å². The maximum Gasteiger partial charge on any atom is 0.264 e. The van der Waals surface area contributed by atoms with Crippen LogP contribution in [-0.2, 0) is 4.79 Å². The topological polar surface area (TPSA) is 51.1 Å². The van der Waals surface area contributed by atoms with Crippen LogP contribution in [0.5, 0.6) is 0 Å². The number of halogens is 1. The Balaban J connectivity index is 2.18. The molecule has 2 aromatic carbocycles. The van der Waals surface area contributed by atoms with E-state index in [0.29, 0.717) is 10.4 Å². The van der Waals surface area contributed by atoms with Gasteiger partial charge in [0.05, 0.1) is 16.5 Å². The Bertz CT molecular complexity index is 1040. The minimum atomic E-state index is -0.329. The van der Waals surface area contributed by atoms with Crippen molar-refractivity contribution in [3.05, 3.63) is 75.7 Å². The van der Waals surface area contributed by atoms with Crippen molar-refractivity contribution in [3.8, 4) is 5.69 Å². The molecule has 3 rings (SSSR count). The summed E-state index contributed by atoms with van der Waals surface area (Å²) in [4.78, 5) is 26.0. The van der Waals surface area contributed by atoms with E-state index in [-0.39, 0.29) is 23.4 Å². The minimum absolute atomic E-state index is 0.00996. The van der Waals surface area contributed by atoms with Crippen LogP contribution in [0.3, 0.4) is 0 Å². The number of hydrogen-bond donors (Lipinski definition) is 1. The van der Waals surface area contributed by atoms with Crippen molar-refractivity contribution < 1.29 is 4.79 Å². The lowest BCUT2D eigenvalue weighted by molar-refractivity contribution is -0.125. The summed E-state index contributed by atoms with van der Waals surface area (Å²) in [6, 6.07) is 16.5. The molecule has 1 N–H and O–H groups in total. The lowest BCUT2D eigenvalue weighted by atomic mass is 10.0. The van der Waals surface area contributed by atoms with Crippen molar-refractivity contribution >= 4 is 28.3 Å². The molecule has 0 radical (unpaired) electrons. The van der Waals surface area contributed by atoms with Gasteiger partial charge in [0.25, 0.3) is 5.56 Å². The highest BCUT2D eigenvalue weighted by Gasteiger charge is 2.21. The molecule has 3 aromatic rings. The van der Waals surface area contributed by atoms with Gasteiger partial charge in [-0.25, -0.2) is 0 Å². The van der Waals surface area contributed by atoms with E-state index in [2.05, 4.69) is 5.32 Å². The Labute approximate surface area is 170 Å². The van der Waals surface area contributed by atoms with Gasteiger partial charge >= 0.3 is 0 Å². The zero-order chi connectivity index (χ0) is 20.3. The van der Waals surface area contributed by atoms with E-state index in [4.69, 9.17) is 11.6 Å². The van der Waals surface area contributed by atoms with Gasteiger partial charge in [-0.05, 0) is 49.4 Å². The van der Waals surface area contributed by atoms with Gasteiger partial charge < -0.3 is 5.32 Å². The molecule has 1 heterocycles. The molecule has 146 valence electrons. The van der Waals surface area contributed by atoms with Crippen molar-refractivity contribution in [2.45, 2.75) is 39.7 Å². The maximum atomic E-state index is 13.4. The number of carbonyl (C=O) groups is 1. The fraction of sp³-hybridized carbons (Fsp3) is 0.304. The molecule has 0 aliphatic heterocycles. The third-order valence-electron chi connectivity index (χ3n) is 5.20. The molecule has 1 amide bonds. The van der Waals surface area contributed by atoms with Crippen LogP contribution >= 0.6 is 11.6 Å². The molecule has 0 aliphatic carbocycles. The second-order valence-electron chi connectivity index (χ2n) is 6.99. The van der Waals surface area contributed by atoms with E-state index >= 15 is 0 Å².